The molecule has 6 nitrogen and oxygen atoms in total. The zero-order valence-corrected chi connectivity index (χ0v) is 15.8. The number of nitrogens with one attached hydrogen (secondary N) is 2. The fourth-order valence-corrected chi connectivity index (χ4v) is 2.88. The fraction of sp³-hybridized carbons (Fsp3) is 0.500. The fourth-order valence-electron chi connectivity index (χ4n) is 2.88. The molecule has 2 rings (SSSR count). The molecular formula is C20H28FN3O3. The first-order valence-corrected chi connectivity index (χ1v) is 9.36. The van der Waals surface area contributed by atoms with Gasteiger partial charge in [0.2, 0.25) is 5.91 Å². The van der Waals surface area contributed by atoms with Crippen LogP contribution in [0.3, 0.4) is 0 Å². The molecule has 0 aliphatic heterocycles. The number of carbonyl (C=O) groups excluding carboxylic acids is 2. The minimum atomic E-state index is -0.479. The molecule has 27 heavy (non-hydrogen) atoms. The van der Waals surface area contributed by atoms with Crippen molar-refractivity contribution in [2.75, 3.05) is 33.3 Å². The maximum Gasteiger partial charge on any atom is 0.321 e. The number of allylic oxidation sites excluding steroid dienone is 1. The van der Waals surface area contributed by atoms with Gasteiger partial charge in [0.1, 0.15) is 6.61 Å². The van der Waals surface area contributed by atoms with E-state index < -0.39 is 17.8 Å². The van der Waals surface area contributed by atoms with Crippen LogP contribution < -0.4 is 15.4 Å². The third kappa shape index (κ3) is 8.21. The van der Waals surface area contributed by atoms with Crippen molar-refractivity contribution < 1.29 is 18.7 Å². The summed E-state index contributed by atoms with van der Waals surface area (Å²) in [7, 11) is 1.73. The van der Waals surface area contributed by atoms with Gasteiger partial charge in [-0.1, -0.05) is 23.8 Å². The SMILES string of the molecule is CN(CCOc1ccccc1F)CC(=O)NC(=O)NCCC1=CCCCC1. The highest BCUT2D eigenvalue weighted by Crippen LogP contribution is 2.19. The van der Waals surface area contributed by atoms with Crippen molar-refractivity contribution in [3.63, 3.8) is 0 Å². The Morgan fingerprint density at radius 1 is 1.26 bits per heavy atom. The van der Waals surface area contributed by atoms with E-state index in [1.165, 1.54) is 24.5 Å². The summed E-state index contributed by atoms with van der Waals surface area (Å²) < 4.78 is 18.8. The number of halogens is 1. The Labute approximate surface area is 159 Å². The zero-order chi connectivity index (χ0) is 19.5. The van der Waals surface area contributed by atoms with Gasteiger partial charge in [0.15, 0.2) is 11.6 Å². The number of imide groups is 1. The van der Waals surface area contributed by atoms with E-state index in [1.807, 2.05) is 0 Å². The van der Waals surface area contributed by atoms with E-state index in [1.54, 1.807) is 30.1 Å². The van der Waals surface area contributed by atoms with E-state index in [-0.39, 0.29) is 18.9 Å². The van der Waals surface area contributed by atoms with Gasteiger partial charge < -0.3 is 10.1 Å². The summed E-state index contributed by atoms with van der Waals surface area (Å²) >= 11 is 0. The number of ether oxygens (including phenoxy) is 1. The second-order valence-electron chi connectivity index (χ2n) is 6.68. The van der Waals surface area contributed by atoms with Gasteiger partial charge in [-0.3, -0.25) is 15.0 Å². The van der Waals surface area contributed by atoms with Crippen LogP contribution in [0.15, 0.2) is 35.9 Å². The second kappa shape index (κ2) is 11.3. The highest BCUT2D eigenvalue weighted by Gasteiger charge is 2.11. The summed E-state index contributed by atoms with van der Waals surface area (Å²) in [6, 6.07) is 5.69. The highest BCUT2D eigenvalue weighted by atomic mass is 19.1. The largest absolute Gasteiger partial charge is 0.489 e. The van der Waals surface area contributed by atoms with Crippen LogP contribution in [-0.2, 0) is 4.79 Å². The molecule has 0 spiro atoms. The predicted molar refractivity (Wildman–Crippen MR) is 102 cm³/mol. The number of likely N-dealkylation sites (N-methyl/N-ethyl adjacent to an activating group) is 1. The van der Waals surface area contributed by atoms with Crippen LogP contribution in [-0.4, -0.2) is 50.1 Å². The number of hydrogen-bond acceptors (Lipinski definition) is 4. The van der Waals surface area contributed by atoms with Crippen molar-refractivity contribution in [2.45, 2.75) is 32.1 Å². The van der Waals surface area contributed by atoms with Crippen LogP contribution in [0.2, 0.25) is 0 Å². The van der Waals surface area contributed by atoms with Gasteiger partial charge in [0.05, 0.1) is 6.54 Å². The average molecular weight is 377 g/mol. The molecule has 0 heterocycles. The Bertz CT molecular complexity index is 664. The number of amides is 3. The summed E-state index contributed by atoms with van der Waals surface area (Å²) in [6.07, 6.45) is 7.74. The summed E-state index contributed by atoms with van der Waals surface area (Å²) in [4.78, 5) is 25.4. The Kier molecular flexibility index (Phi) is 8.77. The standard InChI is InChI=1S/C20H28FN3O3/c1-24(13-14-27-18-10-6-5-9-17(18)21)15-19(25)23-20(26)22-12-11-16-7-3-2-4-8-16/h5-7,9-10H,2-4,8,11-15H2,1H3,(H2,22,23,25,26). The maximum atomic E-state index is 13.4. The number of rotatable bonds is 9. The summed E-state index contributed by atoms with van der Waals surface area (Å²) in [6.45, 7) is 1.25. The maximum absolute atomic E-state index is 13.4. The molecule has 0 atom stereocenters. The van der Waals surface area contributed by atoms with E-state index >= 15 is 0 Å². The van der Waals surface area contributed by atoms with Gasteiger partial charge in [0, 0.05) is 13.1 Å². The van der Waals surface area contributed by atoms with Crippen molar-refractivity contribution in [1.29, 1.82) is 0 Å². The molecule has 0 saturated carbocycles. The van der Waals surface area contributed by atoms with Gasteiger partial charge in [-0.25, -0.2) is 9.18 Å². The van der Waals surface area contributed by atoms with Crippen molar-refractivity contribution in [3.8, 4) is 5.75 Å². The van der Waals surface area contributed by atoms with Crippen molar-refractivity contribution in [1.82, 2.24) is 15.5 Å². The quantitative estimate of drug-likeness (QED) is 0.649. The topological polar surface area (TPSA) is 70.7 Å². The monoisotopic (exact) mass is 377 g/mol. The molecule has 0 radical (unpaired) electrons. The van der Waals surface area contributed by atoms with Gasteiger partial charge in [-0.2, -0.15) is 0 Å². The molecule has 0 bridgehead atoms. The number of nitrogens with zero attached hydrogens (tertiary/aromatic N) is 1. The second-order valence-corrected chi connectivity index (χ2v) is 6.68. The van der Waals surface area contributed by atoms with Gasteiger partial charge in [-0.15, -0.1) is 0 Å². The molecule has 1 aliphatic carbocycles. The lowest BCUT2D eigenvalue weighted by Crippen LogP contribution is -2.44. The Balaban J connectivity index is 1.57. The molecule has 1 aliphatic rings. The predicted octanol–water partition coefficient (Wildman–Crippen LogP) is 2.85. The Morgan fingerprint density at radius 2 is 2.07 bits per heavy atom. The molecule has 148 valence electrons. The normalized spacial score (nSPS) is 13.8. The first-order chi connectivity index (χ1) is 13.0. The minimum Gasteiger partial charge on any atom is -0.489 e. The number of hydrogen-bond donors (Lipinski definition) is 2. The van der Waals surface area contributed by atoms with E-state index in [2.05, 4.69) is 16.7 Å². The van der Waals surface area contributed by atoms with Crippen LogP contribution in [0.25, 0.3) is 0 Å². The van der Waals surface area contributed by atoms with E-state index in [4.69, 9.17) is 4.74 Å². The summed E-state index contributed by atoms with van der Waals surface area (Å²) in [5.41, 5.74) is 1.38. The summed E-state index contributed by atoms with van der Waals surface area (Å²) in [5, 5.41) is 5.02. The third-order valence-corrected chi connectivity index (χ3v) is 4.35. The van der Waals surface area contributed by atoms with E-state index in [0.717, 1.165) is 19.3 Å². The zero-order valence-electron chi connectivity index (χ0n) is 15.8. The molecule has 0 aromatic heterocycles. The lowest BCUT2D eigenvalue weighted by Gasteiger charge is -2.17. The molecule has 7 heteroatoms. The third-order valence-electron chi connectivity index (χ3n) is 4.35. The minimum absolute atomic E-state index is 0.0548. The smallest absolute Gasteiger partial charge is 0.321 e. The lowest BCUT2D eigenvalue weighted by molar-refractivity contribution is -0.120. The number of para-hydroxylation sites is 1. The number of benzene rings is 1. The van der Waals surface area contributed by atoms with Gasteiger partial charge in [0.25, 0.3) is 0 Å². The van der Waals surface area contributed by atoms with Crippen LogP contribution in [0.5, 0.6) is 5.75 Å². The highest BCUT2D eigenvalue weighted by molar-refractivity contribution is 5.95. The Morgan fingerprint density at radius 3 is 2.81 bits per heavy atom. The molecular weight excluding hydrogens is 349 g/mol. The van der Waals surface area contributed by atoms with Crippen molar-refractivity contribution in [2.24, 2.45) is 0 Å². The molecule has 0 saturated heterocycles. The summed E-state index contributed by atoms with van der Waals surface area (Å²) in [5.74, 6) is -0.626. The number of carbonyl (C=O) groups is 2. The molecule has 1 aromatic rings. The van der Waals surface area contributed by atoms with E-state index in [0.29, 0.717) is 13.1 Å². The van der Waals surface area contributed by atoms with Crippen LogP contribution in [0.4, 0.5) is 9.18 Å². The first kappa shape index (κ1) is 20.9. The molecule has 2 N–H and O–H groups in total. The van der Waals surface area contributed by atoms with Crippen LogP contribution >= 0.6 is 0 Å². The first-order valence-electron chi connectivity index (χ1n) is 9.36. The van der Waals surface area contributed by atoms with Crippen molar-refractivity contribution >= 4 is 11.9 Å². The molecule has 0 fully saturated rings. The van der Waals surface area contributed by atoms with Crippen LogP contribution in [0.1, 0.15) is 32.1 Å². The Hall–Kier alpha value is -2.41. The molecule has 0 unspecified atom stereocenters. The van der Waals surface area contributed by atoms with E-state index in [9.17, 15) is 14.0 Å². The van der Waals surface area contributed by atoms with Gasteiger partial charge in [-0.05, 0) is 51.3 Å². The van der Waals surface area contributed by atoms with Gasteiger partial charge >= 0.3 is 6.03 Å². The molecule has 3 amide bonds. The molecule has 1 aromatic carbocycles. The number of urea groups is 1. The van der Waals surface area contributed by atoms with Crippen molar-refractivity contribution in [3.05, 3.63) is 41.7 Å². The average Bonchev–Trinajstić information content (AvgIpc) is 2.64. The van der Waals surface area contributed by atoms with Crippen LogP contribution in [0, 0.1) is 5.82 Å². The lowest BCUT2D eigenvalue weighted by atomic mass is 9.97.